The minimum atomic E-state index is -0.546. The van der Waals surface area contributed by atoms with E-state index >= 15 is 0 Å². The topological polar surface area (TPSA) is 66.1 Å². The molecule has 0 aromatic carbocycles. The third-order valence-corrected chi connectivity index (χ3v) is 5.74. The molecule has 0 spiro atoms. The van der Waals surface area contributed by atoms with Crippen LogP contribution in [0.4, 0.5) is 0 Å². The highest BCUT2D eigenvalue weighted by atomic mass is 16.5. The van der Waals surface area contributed by atoms with Gasteiger partial charge >= 0.3 is 0 Å². The van der Waals surface area contributed by atoms with Crippen LogP contribution in [0, 0.1) is 11.8 Å². The van der Waals surface area contributed by atoms with Crippen LogP contribution in [0.15, 0.2) is 16.5 Å². The lowest BCUT2D eigenvalue weighted by Crippen LogP contribution is -2.38. The molecule has 23 heavy (non-hydrogen) atoms. The minimum absolute atomic E-state index is 0.129. The molecule has 3 heterocycles. The fourth-order valence-corrected chi connectivity index (χ4v) is 4.47. The standard InChI is InChI=1S/C18H27NO4/c20-15-7-12-9-19(10-13(12)8-16(15)21)11-14-4-5-18(23-14)17-3-1-2-6-22-17/h4-5,12-13,15-17,20-21H,1-3,6-11H2/t12-,13+,15-,16-,17?/m0/s1. The summed E-state index contributed by atoms with van der Waals surface area (Å²) in [5.41, 5.74) is 0. The molecule has 1 aromatic rings. The number of aliphatic hydroxyl groups is 2. The first-order chi connectivity index (χ1) is 11.2. The van der Waals surface area contributed by atoms with Crippen LogP contribution in [0.3, 0.4) is 0 Å². The first-order valence-corrected chi connectivity index (χ1v) is 8.98. The molecule has 2 saturated heterocycles. The predicted molar refractivity (Wildman–Crippen MR) is 84.8 cm³/mol. The SMILES string of the molecule is O[C@H]1C[C@@H]2CN(Cc3ccc(C4CCCCO4)o3)C[C@@H]2C[C@@H]1O. The summed E-state index contributed by atoms with van der Waals surface area (Å²) in [6, 6.07) is 4.13. The van der Waals surface area contributed by atoms with Gasteiger partial charge in [-0.15, -0.1) is 0 Å². The van der Waals surface area contributed by atoms with Gasteiger partial charge < -0.3 is 19.4 Å². The van der Waals surface area contributed by atoms with Gasteiger partial charge in [0.1, 0.15) is 17.6 Å². The Kier molecular flexibility index (Phi) is 4.46. The average Bonchev–Trinajstić information content (AvgIpc) is 3.16. The molecule has 1 aliphatic carbocycles. The summed E-state index contributed by atoms with van der Waals surface area (Å²) in [6.07, 6.45) is 3.90. The molecule has 2 aliphatic heterocycles. The first kappa shape index (κ1) is 15.6. The molecule has 0 amide bonds. The second-order valence-electron chi connectivity index (χ2n) is 7.48. The summed E-state index contributed by atoms with van der Waals surface area (Å²) >= 11 is 0. The van der Waals surface area contributed by atoms with Gasteiger partial charge in [-0.1, -0.05) is 0 Å². The smallest absolute Gasteiger partial charge is 0.133 e. The Morgan fingerprint density at radius 3 is 2.43 bits per heavy atom. The third kappa shape index (κ3) is 3.33. The molecular weight excluding hydrogens is 294 g/mol. The van der Waals surface area contributed by atoms with E-state index in [9.17, 15) is 10.2 Å². The second-order valence-corrected chi connectivity index (χ2v) is 7.48. The molecular formula is C18H27NO4. The molecule has 5 atom stereocenters. The summed E-state index contributed by atoms with van der Waals surface area (Å²) < 4.78 is 11.8. The van der Waals surface area contributed by atoms with E-state index in [4.69, 9.17) is 9.15 Å². The van der Waals surface area contributed by atoms with E-state index in [0.717, 1.165) is 63.4 Å². The van der Waals surface area contributed by atoms with Crippen molar-refractivity contribution >= 4 is 0 Å². The Morgan fingerprint density at radius 1 is 1.04 bits per heavy atom. The number of fused-ring (bicyclic) bond motifs is 1. The van der Waals surface area contributed by atoms with Gasteiger partial charge in [0, 0.05) is 19.7 Å². The zero-order valence-electron chi connectivity index (χ0n) is 13.6. The molecule has 3 fully saturated rings. The Bertz CT molecular complexity index is 507. The van der Waals surface area contributed by atoms with Crippen molar-refractivity contribution < 1.29 is 19.4 Å². The van der Waals surface area contributed by atoms with E-state index in [1.54, 1.807) is 0 Å². The van der Waals surface area contributed by atoms with Crippen LogP contribution in [-0.4, -0.2) is 47.0 Å². The van der Waals surface area contributed by atoms with Crippen LogP contribution >= 0.6 is 0 Å². The number of ether oxygens (including phenoxy) is 1. The van der Waals surface area contributed by atoms with Gasteiger partial charge in [-0.2, -0.15) is 0 Å². The van der Waals surface area contributed by atoms with Gasteiger partial charge in [0.2, 0.25) is 0 Å². The van der Waals surface area contributed by atoms with Gasteiger partial charge in [-0.3, -0.25) is 4.90 Å². The predicted octanol–water partition coefficient (Wildman–Crippen LogP) is 2.08. The number of rotatable bonds is 3. The van der Waals surface area contributed by atoms with Crippen molar-refractivity contribution in [3.63, 3.8) is 0 Å². The zero-order valence-corrected chi connectivity index (χ0v) is 13.6. The highest BCUT2D eigenvalue weighted by Crippen LogP contribution is 2.37. The monoisotopic (exact) mass is 321 g/mol. The maximum Gasteiger partial charge on any atom is 0.133 e. The van der Waals surface area contributed by atoms with Crippen molar-refractivity contribution in [2.45, 2.75) is 57.0 Å². The Balaban J connectivity index is 1.35. The minimum Gasteiger partial charge on any atom is -0.462 e. The largest absolute Gasteiger partial charge is 0.462 e. The maximum atomic E-state index is 9.85. The normalized spacial score (nSPS) is 38.6. The van der Waals surface area contributed by atoms with Crippen LogP contribution in [-0.2, 0) is 11.3 Å². The number of nitrogens with zero attached hydrogens (tertiary/aromatic N) is 1. The van der Waals surface area contributed by atoms with Gasteiger partial charge in [-0.25, -0.2) is 0 Å². The molecule has 1 saturated carbocycles. The van der Waals surface area contributed by atoms with Crippen molar-refractivity contribution in [1.29, 1.82) is 0 Å². The van der Waals surface area contributed by atoms with Crippen molar-refractivity contribution in [1.82, 2.24) is 4.90 Å². The molecule has 2 N–H and O–H groups in total. The number of aliphatic hydroxyl groups excluding tert-OH is 2. The molecule has 4 rings (SSSR count). The summed E-state index contributed by atoms with van der Waals surface area (Å²) in [5.74, 6) is 2.96. The van der Waals surface area contributed by atoms with Crippen molar-refractivity contribution in [3.8, 4) is 0 Å². The van der Waals surface area contributed by atoms with E-state index in [-0.39, 0.29) is 6.10 Å². The van der Waals surface area contributed by atoms with E-state index in [2.05, 4.69) is 17.0 Å². The fraction of sp³-hybridized carbons (Fsp3) is 0.778. The second kappa shape index (κ2) is 6.55. The van der Waals surface area contributed by atoms with Crippen LogP contribution < -0.4 is 0 Å². The van der Waals surface area contributed by atoms with E-state index in [1.165, 1.54) is 6.42 Å². The number of furan rings is 1. The van der Waals surface area contributed by atoms with Gasteiger partial charge in [0.15, 0.2) is 0 Å². The lowest BCUT2D eigenvalue weighted by molar-refractivity contribution is -0.0372. The van der Waals surface area contributed by atoms with Crippen molar-refractivity contribution in [3.05, 3.63) is 23.7 Å². The Hall–Kier alpha value is -0.880. The third-order valence-electron chi connectivity index (χ3n) is 5.74. The first-order valence-electron chi connectivity index (χ1n) is 8.98. The molecule has 1 aromatic heterocycles. The summed E-state index contributed by atoms with van der Waals surface area (Å²) in [5, 5.41) is 19.7. The zero-order chi connectivity index (χ0) is 15.8. The fourth-order valence-electron chi connectivity index (χ4n) is 4.47. The molecule has 128 valence electrons. The number of likely N-dealkylation sites (tertiary alicyclic amines) is 1. The van der Waals surface area contributed by atoms with Crippen molar-refractivity contribution in [2.24, 2.45) is 11.8 Å². The van der Waals surface area contributed by atoms with Crippen LogP contribution in [0.5, 0.6) is 0 Å². The summed E-state index contributed by atoms with van der Waals surface area (Å²) in [4.78, 5) is 2.39. The van der Waals surface area contributed by atoms with Gasteiger partial charge in [0.25, 0.3) is 0 Å². The highest BCUT2D eigenvalue weighted by Gasteiger charge is 2.41. The molecule has 3 aliphatic rings. The lowest BCUT2D eigenvalue weighted by atomic mass is 9.79. The quantitative estimate of drug-likeness (QED) is 0.892. The maximum absolute atomic E-state index is 9.85. The van der Waals surface area contributed by atoms with E-state index in [1.807, 2.05) is 0 Å². The van der Waals surface area contributed by atoms with Crippen LogP contribution in [0.2, 0.25) is 0 Å². The molecule has 5 heteroatoms. The molecule has 5 nitrogen and oxygen atoms in total. The lowest BCUT2D eigenvalue weighted by Gasteiger charge is -2.32. The molecule has 0 radical (unpaired) electrons. The summed E-state index contributed by atoms with van der Waals surface area (Å²) in [6.45, 7) is 3.63. The Morgan fingerprint density at radius 2 is 1.78 bits per heavy atom. The average molecular weight is 321 g/mol. The van der Waals surface area contributed by atoms with Crippen LogP contribution in [0.25, 0.3) is 0 Å². The molecule has 0 bridgehead atoms. The number of hydrogen-bond donors (Lipinski definition) is 2. The number of hydrogen-bond acceptors (Lipinski definition) is 5. The molecule has 1 unspecified atom stereocenters. The Labute approximate surface area is 137 Å². The van der Waals surface area contributed by atoms with Gasteiger partial charge in [0.05, 0.1) is 18.8 Å². The van der Waals surface area contributed by atoms with Crippen LogP contribution in [0.1, 0.15) is 49.7 Å². The van der Waals surface area contributed by atoms with E-state index < -0.39 is 12.2 Å². The summed E-state index contributed by atoms with van der Waals surface area (Å²) in [7, 11) is 0. The highest BCUT2D eigenvalue weighted by molar-refractivity contribution is 5.10. The van der Waals surface area contributed by atoms with Gasteiger partial charge in [-0.05, 0) is 56.1 Å². The van der Waals surface area contributed by atoms with Crippen molar-refractivity contribution in [2.75, 3.05) is 19.7 Å². The van der Waals surface area contributed by atoms with E-state index in [0.29, 0.717) is 11.8 Å².